The maximum Gasteiger partial charge on any atom is 0.327 e. The minimum absolute atomic E-state index is 0.00593. The summed E-state index contributed by atoms with van der Waals surface area (Å²) in [5.74, 6) is -1.11. The summed E-state index contributed by atoms with van der Waals surface area (Å²) in [5, 5.41) is 22.1. The molecule has 0 heterocycles. The Balaban J connectivity index is 2.61. The Hall–Kier alpha value is -2.09. The molecular weight excluding hydrogens is 284 g/mol. The van der Waals surface area contributed by atoms with E-state index in [0.29, 0.717) is 11.3 Å². The summed E-state index contributed by atoms with van der Waals surface area (Å²) in [6.07, 6.45) is 0. The van der Waals surface area contributed by atoms with Gasteiger partial charge in [-0.2, -0.15) is 11.8 Å². The van der Waals surface area contributed by atoms with E-state index in [9.17, 15) is 19.7 Å². The first-order chi connectivity index (χ1) is 9.41. The second-order valence-electron chi connectivity index (χ2n) is 3.99. The molecule has 0 aliphatic carbocycles. The van der Waals surface area contributed by atoms with E-state index in [-0.39, 0.29) is 11.4 Å². The number of para-hydroxylation sites is 1. The third kappa shape index (κ3) is 4.88. The van der Waals surface area contributed by atoms with Crippen LogP contribution in [0.15, 0.2) is 24.3 Å². The Kier molecular flexibility index (Phi) is 5.98. The molecule has 0 aliphatic rings. The number of nitro groups is 1. The van der Waals surface area contributed by atoms with Crippen LogP contribution in [0.4, 0.5) is 5.69 Å². The van der Waals surface area contributed by atoms with Gasteiger partial charge in [0.05, 0.1) is 4.92 Å². The van der Waals surface area contributed by atoms with Crippen LogP contribution in [0.25, 0.3) is 0 Å². The Bertz CT molecular complexity index is 520. The summed E-state index contributed by atoms with van der Waals surface area (Å²) < 4.78 is 0. The van der Waals surface area contributed by atoms with Crippen LogP contribution in [-0.2, 0) is 15.3 Å². The summed E-state index contributed by atoms with van der Waals surface area (Å²) in [6, 6.07) is 5.28. The van der Waals surface area contributed by atoms with E-state index >= 15 is 0 Å². The second kappa shape index (κ2) is 7.49. The molecule has 2 N–H and O–H groups in total. The van der Waals surface area contributed by atoms with Gasteiger partial charge >= 0.3 is 5.97 Å². The molecule has 1 amide bonds. The number of hydrogen-bond donors (Lipinski definition) is 2. The van der Waals surface area contributed by atoms with Gasteiger partial charge in [-0.1, -0.05) is 18.2 Å². The molecule has 0 bridgehead atoms. The van der Waals surface area contributed by atoms with Gasteiger partial charge < -0.3 is 10.4 Å². The maximum atomic E-state index is 10.9. The number of hydrogen-bond acceptors (Lipinski definition) is 5. The molecular formula is C12H14N2O5S. The molecule has 1 aromatic rings. The van der Waals surface area contributed by atoms with Gasteiger partial charge in [-0.15, -0.1) is 0 Å². The maximum absolute atomic E-state index is 10.9. The first kappa shape index (κ1) is 16.0. The Labute approximate surface area is 119 Å². The molecule has 1 aromatic carbocycles. The second-order valence-corrected chi connectivity index (χ2v) is 5.02. The number of carbonyl (C=O) groups is 2. The van der Waals surface area contributed by atoms with E-state index in [0.717, 1.165) is 0 Å². The molecule has 1 atom stereocenters. The van der Waals surface area contributed by atoms with Crippen molar-refractivity contribution in [3.05, 3.63) is 39.9 Å². The van der Waals surface area contributed by atoms with Gasteiger partial charge in [-0.3, -0.25) is 14.9 Å². The van der Waals surface area contributed by atoms with Gasteiger partial charge in [-0.25, -0.2) is 4.79 Å². The van der Waals surface area contributed by atoms with Crippen molar-refractivity contribution in [1.82, 2.24) is 5.32 Å². The highest BCUT2D eigenvalue weighted by Gasteiger charge is 2.19. The molecule has 20 heavy (non-hydrogen) atoms. The zero-order valence-electron chi connectivity index (χ0n) is 10.7. The van der Waals surface area contributed by atoms with E-state index in [4.69, 9.17) is 5.11 Å². The number of aliphatic carboxylic acids is 1. The number of nitro benzene ring substituents is 1. The molecule has 1 unspecified atom stereocenters. The Morgan fingerprint density at radius 2 is 2.10 bits per heavy atom. The average molecular weight is 298 g/mol. The molecule has 1 rings (SSSR count). The molecule has 0 saturated carbocycles. The van der Waals surface area contributed by atoms with E-state index in [1.54, 1.807) is 18.2 Å². The molecule has 0 radical (unpaired) electrons. The molecule has 0 saturated heterocycles. The largest absolute Gasteiger partial charge is 0.480 e. The van der Waals surface area contributed by atoms with Gasteiger partial charge in [-0.05, 0) is 0 Å². The van der Waals surface area contributed by atoms with E-state index in [1.165, 1.54) is 24.8 Å². The summed E-state index contributed by atoms with van der Waals surface area (Å²) in [4.78, 5) is 32.1. The molecule has 7 nitrogen and oxygen atoms in total. The fourth-order valence-electron chi connectivity index (χ4n) is 1.52. The topological polar surface area (TPSA) is 110 Å². The van der Waals surface area contributed by atoms with Gasteiger partial charge in [0.1, 0.15) is 6.04 Å². The van der Waals surface area contributed by atoms with Crippen LogP contribution in [0, 0.1) is 10.1 Å². The van der Waals surface area contributed by atoms with Crippen LogP contribution in [0.5, 0.6) is 0 Å². The van der Waals surface area contributed by atoms with Gasteiger partial charge in [0, 0.05) is 30.1 Å². The van der Waals surface area contributed by atoms with Crippen molar-refractivity contribution < 1.29 is 19.6 Å². The lowest BCUT2D eigenvalue weighted by molar-refractivity contribution is -0.385. The van der Waals surface area contributed by atoms with Crippen LogP contribution in [0.3, 0.4) is 0 Å². The number of carbonyl (C=O) groups excluding carboxylic acids is 1. The van der Waals surface area contributed by atoms with Crippen LogP contribution < -0.4 is 5.32 Å². The summed E-state index contributed by atoms with van der Waals surface area (Å²) in [6.45, 7) is 1.24. The summed E-state index contributed by atoms with van der Waals surface area (Å²) >= 11 is 1.22. The SMILES string of the molecule is CC(=O)NC(CSCc1ccccc1[N+](=O)[O-])C(=O)O. The van der Waals surface area contributed by atoms with Crippen molar-refractivity contribution in [3.8, 4) is 0 Å². The summed E-state index contributed by atoms with van der Waals surface area (Å²) in [7, 11) is 0. The molecule has 0 aromatic heterocycles. The van der Waals surface area contributed by atoms with Crippen LogP contribution in [0.1, 0.15) is 12.5 Å². The van der Waals surface area contributed by atoms with Gasteiger partial charge in [0.2, 0.25) is 5.91 Å². The molecule has 0 aliphatic heterocycles. The number of benzene rings is 1. The minimum Gasteiger partial charge on any atom is -0.480 e. The normalized spacial score (nSPS) is 11.7. The predicted molar refractivity (Wildman–Crippen MR) is 74.5 cm³/mol. The van der Waals surface area contributed by atoms with Crippen molar-refractivity contribution in [1.29, 1.82) is 0 Å². The minimum atomic E-state index is -1.13. The number of carboxylic acids is 1. The first-order valence-electron chi connectivity index (χ1n) is 5.71. The van der Waals surface area contributed by atoms with Crippen LogP contribution in [-0.4, -0.2) is 33.7 Å². The van der Waals surface area contributed by atoms with Crippen molar-refractivity contribution in [2.24, 2.45) is 0 Å². The quantitative estimate of drug-likeness (QED) is 0.582. The van der Waals surface area contributed by atoms with Crippen molar-refractivity contribution in [2.45, 2.75) is 18.7 Å². The summed E-state index contributed by atoms with van der Waals surface area (Å²) in [5.41, 5.74) is 0.529. The molecule has 0 fully saturated rings. The van der Waals surface area contributed by atoms with E-state index in [1.807, 2.05) is 0 Å². The first-order valence-corrected chi connectivity index (χ1v) is 6.87. The van der Waals surface area contributed by atoms with Gasteiger partial charge in [0.15, 0.2) is 0 Å². The molecule has 8 heteroatoms. The van der Waals surface area contributed by atoms with E-state index in [2.05, 4.69) is 5.32 Å². The smallest absolute Gasteiger partial charge is 0.327 e. The standard InChI is InChI=1S/C12H14N2O5S/c1-8(15)13-10(12(16)17)7-20-6-9-4-2-3-5-11(9)14(18)19/h2-5,10H,6-7H2,1H3,(H,13,15)(H,16,17). The number of carboxylic acid groups (broad SMARTS) is 1. The van der Waals surface area contributed by atoms with Crippen molar-refractivity contribution >= 4 is 29.3 Å². The van der Waals surface area contributed by atoms with Crippen LogP contribution >= 0.6 is 11.8 Å². The molecule has 0 spiro atoms. The fraction of sp³-hybridized carbons (Fsp3) is 0.333. The van der Waals surface area contributed by atoms with Crippen LogP contribution in [0.2, 0.25) is 0 Å². The van der Waals surface area contributed by atoms with Crippen molar-refractivity contribution in [2.75, 3.05) is 5.75 Å². The number of rotatable bonds is 7. The van der Waals surface area contributed by atoms with Crippen molar-refractivity contribution in [3.63, 3.8) is 0 Å². The number of thioether (sulfide) groups is 1. The lowest BCUT2D eigenvalue weighted by Crippen LogP contribution is -2.41. The highest BCUT2D eigenvalue weighted by molar-refractivity contribution is 7.98. The third-order valence-corrected chi connectivity index (χ3v) is 3.49. The zero-order valence-corrected chi connectivity index (χ0v) is 11.6. The fourth-order valence-corrected chi connectivity index (χ4v) is 2.56. The average Bonchev–Trinajstić information content (AvgIpc) is 2.37. The zero-order chi connectivity index (χ0) is 15.1. The highest BCUT2D eigenvalue weighted by atomic mass is 32.2. The highest BCUT2D eigenvalue weighted by Crippen LogP contribution is 2.23. The number of amides is 1. The Morgan fingerprint density at radius 3 is 2.65 bits per heavy atom. The number of nitrogens with zero attached hydrogens (tertiary/aromatic N) is 1. The third-order valence-electron chi connectivity index (χ3n) is 2.41. The predicted octanol–water partition coefficient (Wildman–Crippen LogP) is 1.42. The monoisotopic (exact) mass is 298 g/mol. The Morgan fingerprint density at radius 1 is 1.45 bits per heavy atom. The molecule has 108 valence electrons. The lowest BCUT2D eigenvalue weighted by Gasteiger charge is -2.12. The lowest BCUT2D eigenvalue weighted by atomic mass is 10.2. The van der Waals surface area contributed by atoms with Gasteiger partial charge in [0.25, 0.3) is 5.69 Å². The number of nitrogens with one attached hydrogen (secondary N) is 1. The van der Waals surface area contributed by atoms with E-state index < -0.39 is 22.8 Å².